The van der Waals surface area contributed by atoms with Crippen molar-refractivity contribution in [2.75, 3.05) is 0 Å². The first-order chi connectivity index (χ1) is 20.3. The van der Waals surface area contributed by atoms with Crippen LogP contribution in [0, 0.1) is 0 Å². The van der Waals surface area contributed by atoms with Crippen molar-refractivity contribution in [2.45, 2.75) is 13.2 Å². The van der Waals surface area contributed by atoms with E-state index in [1.807, 2.05) is 12.1 Å². The molecule has 0 aliphatic carbocycles. The van der Waals surface area contributed by atoms with Crippen LogP contribution in [0.1, 0.15) is 11.1 Å². The van der Waals surface area contributed by atoms with Gasteiger partial charge in [-0.25, -0.2) is 0 Å². The summed E-state index contributed by atoms with van der Waals surface area (Å²) in [6.07, 6.45) is 0. The summed E-state index contributed by atoms with van der Waals surface area (Å²) in [6, 6.07) is 45.7. The molecule has 0 atom stereocenters. The lowest BCUT2D eigenvalue weighted by Gasteiger charge is -2.15. The summed E-state index contributed by atoms with van der Waals surface area (Å²) >= 11 is 0. The Bertz CT molecular complexity index is 2250. The predicted octanol–water partition coefficient (Wildman–Crippen LogP) is 10.0. The number of rotatable bonds is 2. The zero-order valence-electron chi connectivity index (χ0n) is 22.3. The van der Waals surface area contributed by atoms with Crippen LogP contribution in [0.15, 0.2) is 132 Å². The molecule has 0 spiro atoms. The first-order valence-electron chi connectivity index (χ1n) is 14.1. The fraction of sp³-hybridized carbons (Fsp3) is 0.0526. The summed E-state index contributed by atoms with van der Waals surface area (Å²) in [6.45, 7) is 1.19. The van der Waals surface area contributed by atoms with E-state index >= 15 is 0 Å². The van der Waals surface area contributed by atoms with E-state index in [0.717, 1.165) is 27.6 Å². The monoisotopic (exact) mass is 527 g/mol. The van der Waals surface area contributed by atoms with Gasteiger partial charge in [-0.15, -0.1) is 0 Å². The Morgan fingerprint density at radius 3 is 1.83 bits per heavy atom. The largest absolute Gasteiger partial charge is 0.456 e. The highest BCUT2D eigenvalue weighted by molar-refractivity contribution is 6.09. The topological polar surface area (TPSA) is 27.3 Å². The number of furan rings is 1. The fourth-order valence-electron chi connectivity index (χ4n) is 6.59. The predicted molar refractivity (Wildman–Crippen MR) is 167 cm³/mol. The molecule has 3 heterocycles. The van der Waals surface area contributed by atoms with Gasteiger partial charge in [0.25, 0.3) is 0 Å². The molecule has 0 saturated carbocycles. The van der Waals surface area contributed by atoms with Crippen molar-refractivity contribution in [3.63, 3.8) is 0 Å². The molecule has 3 heteroatoms. The maximum Gasteiger partial charge on any atom is 0.135 e. The molecule has 9 rings (SSSR count). The van der Waals surface area contributed by atoms with Crippen molar-refractivity contribution in [1.82, 2.24) is 4.57 Å². The highest BCUT2D eigenvalue weighted by Crippen LogP contribution is 2.39. The number of hydrogen-bond acceptors (Lipinski definition) is 2. The van der Waals surface area contributed by atoms with E-state index in [2.05, 4.69) is 120 Å². The van der Waals surface area contributed by atoms with Gasteiger partial charge in [-0.05, 0) is 81.9 Å². The third-order valence-corrected chi connectivity index (χ3v) is 8.56. The maximum absolute atomic E-state index is 6.14. The van der Waals surface area contributed by atoms with E-state index in [0.29, 0.717) is 13.2 Å². The summed E-state index contributed by atoms with van der Waals surface area (Å²) in [5.41, 5.74) is 12.7. The van der Waals surface area contributed by atoms with E-state index in [4.69, 9.17) is 9.15 Å². The van der Waals surface area contributed by atoms with E-state index in [9.17, 15) is 0 Å². The van der Waals surface area contributed by atoms with Crippen LogP contribution in [0.5, 0.6) is 0 Å². The Morgan fingerprint density at radius 1 is 0.463 bits per heavy atom. The zero-order valence-corrected chi connectivity index (χ0v) is 22.3. The molecule has 41 heavy (non-hydrogen) atoms. The van der Waals surface area contributed by atoms with E-state index in [1.165, 1.54) is 55.2 Å². The van der Waals surface area contributed by atoms with Gasteiger partial charge in [0.15, 0.2) is 0 Å². The van der Waals surface area contributed by atoms with Crippen molar-refractivity contribution in [1.29, 1.82) is 0 Å². The van der Waals surface area contributed by atoms with Crippen LogP contribution in [0.2, 0.25) is 0 Å². The summed E-state index contributed by atoms with van der Waals surface area (Å²) < 4.78 is 14.6. The lowest BCUT2D eigenvalue weighted by Crippen LogP contribution is -1.97. The zero-order chi connectivity index (χ0) is 26.9. The van der Waals surface area contributed by atoms with Crippen LogP contribution >= 0.6 is 0 Å². The number of benzene rings is 6. The Labute approximate surface area is 236 Å². The lowest BCUT2D eigenvalue weighted by molar-refractivity contribution is 0.110. The molecule has 8 aromatic rings. The van der Waals surface area contributed by atoms with Gasteiger partial charge in [0.1, 0.15) is 11.2 Å². The third kappa shape index (κ3) is 3.43. The third-order valence-electron chi connectivity index (χ3n) is 8.56. The van der Waals surface area contributed by atoms with Gasteiger partial charge in [0, 0.05) is 27.2 Å². The van der Waals surface area contributed by atoms with Crippen LogP contribution in [-0.2, 0) is 18.0 Å². The van der Waals surface area contributed by atoms with Gasteiger partial charge >= 0.3 is 0 Å². The van der Waals surface area contributed by atoms with Crippen molar-refractivity contribution in [2.24, 2.45) is 0 Å². The van der Waals surface area contributed by atoms with Gasteiger partial charge in [-0.1, -0.05) is 78.9 Å². The van der Waals surface area contributed by atoms with Gasteiger partial charge in [-0.2, -0.15) is 0 Å². The number of ether oxygens (including phenoxy) is 1. The summed E-state index contributed by atoms with van der Waals surface area (Å²) in [5.74, 6) is 0. The fourth-order valence-corrected chi connectivity index (χ4v) is 6.59. The average molecular weight is 528 g/mol. The molecular formula is C38H25NO2. The maximum atomic E-state index is 6.14. The Kier molecular flexibility index (Phi) is 4.80. The number of aromatic nitrogens is 1. The highest BCUT2D eigenvalue weighted by atomic mass is 16.5. The van der Waals surface area contributed by atoms with Gasteiger partial charge in [-0.3, -0.25) is 0 Å². The Balaban J connectivity index is 1.24. The van der Waals surface area contributed by atoms with Crippen LogP contribution in [0.4, 0.5) is 0 Å². The van der Waals surface area contributed by atoms with Crippen LogP contribution in [0.25, 0.3) is 71.7 Å². The molecular weight excluding hydrogens is 502 g/mol. The quantitative estimate of drug-likeness (QED) is 0.224. The Hall–Kier alpha value is -5.12. The second kappa shape index (κ2) is 8.69. The SMILES string of the molecule is c1ccc2c(c1)oc1ccc(-c3ccc4c(c3)-c3cc(-n5c6ccccc6c6ccccc65)ccc3COC4)cc12. The first-order valence-corrected chi connectivity index (χ1v) is 14.1. The standard InChI is InChI=1S/C38H25NO2/c1-4-10-35-29(7-1)30-8-2-5-11-36(30)39(35)28-17-15-27-23-40-22-26-14-13-24(19-32(26)33(27)21-28)25-16-18-38-34(20-25)31-9-3-6-12-37(31)41-38/h1-21H,22-23H2. The van der Waals surface area contributed by atoms with E-state index in [1.54, 1.807) is 0 Å². The van der Waals surface area contributed by atoms with Gasteiger partial charge < -0.3 is 13.7 Å². The Morgan fingerprint density at radius 2 is 1.05 bits per heavy atom. The van der Waals surface area contributed by atoms with Crippen molar-refractivity contribution < 1.29 is 9.15 Å². The van der Waals surface area contributed by atoms with Crippen molar-refractivity contribution in [3.8, 4) is 27.9 Å². The van der Waals surface area contributed by atoms with E-state index < -0.39 is 0 Å². The molecule has 0 amide bonds. The summed E-state index contributed by atoms with van der Waals surface area (Å²) in [5, 5.41) is 4.83. The smallest absolute Gasteiger partial charge is 0.135 e. The van der Waals surface area contributed by atoms with Crippen LogP contribution < -0.4 is 0 Å². The molecule has 0 radical (unpaired) electrons. The highest BCUT2D eigenvalue weighted by Gasteiger charge is 2.19. The molecule has 0 N–H and O–H groups in total. The molecule has 0 fully saturated rings. The molecule has 3 nitrogen and oxygen atoms in total. The minimum absolute atomic E-state index is 0.597. The average Bonchev–Trinajstić information content (AvgIpc) is 3.50. The number of para-hydroxylation sites is 3. The number of hydrogen-bond donors (Lipinski definition) is 0. The molecule has 1 aliphatic heterocycles. The minimum Gasteiger partial charge on any atom is -0.456 e. The second-order valence-electron chi connectivity index (χ2n) is 10.9. The molecule has 2 aromatic heterocycles. The minimum atomic E-state index is 0.597. The molecule has 1 aliphatic rings. The summed E-state index contributed by atoms with van der Waals surface area (Å²) in [7, 11) is 0. The number of fused-ring (bicyclic) bond motifs is 9. The van der Waals surface area contributed by atoms with Crippen molar-refractivity contribution in [3.05, 3.63) is 139 Å². The molecule has 0 bridgehead atoms. The van der Waals surface area contributed by atoms with Crippen molar-refractivity contribution >= 4 is 43.7 Å². The molecule has 0 saturated heterocycles. The normalized spacial score (nSPS) is 13.1. The molecule has 6 aromatic carbocycles. The first kappa shape index (κ1) is 22.7. The van der Waals surface area contributed by atoms with E-state index in [-0.39, 0.29) is 0 Å². The summed E-state index contributed by atoms with van der Waals surface area (Å²) in [4.78, 5) is 0. The van der Waals surface area contributed by atoms with Gasteiger partial charge in [0.05, 0.1) is 24.2 Å². The van der Waals surface area contributed by atoms with Crippen LogP contribution in [-0.4, -0.2) is 4.57 Å². The number of nitrogens with zero attached hydrogens (tertiary/aromatic N) is 1. The lowest BCUT2D eigenvalue weighted by atomic mass is 9.92. The van der Waals surface area contributed by atoms with Crippen LogP contribution in [0.3, 0.4) is 0 Å². The second-order valence-corrected chi connectivity index (χ2v) is 10.9. The molecule has 0 unspecified atom stereocenters. The molecule has 194 valence electrons. The van der Waals surface area contributed by atoms with Gasteiger partial charge in [0.2, 0.25) is 0 Å².